The topological polar surface area (TPSA) is 35.8 Å². The summed E-state index contributed by atoms with van der Waals surface area (Å²) in [6.07, 6.45) is 0. The van der Waals surface area contributed by atoms with Crippen molar-refractivity contribution in [3.63, 3.8) is 0 Å². The smallest absolute Gasteiger partial charge is 0.123 e. The second kappa shape index (κ2) is 6.31. The molecule has 3 heteroatoms. The molecule has 0 fully saturated rings. The standard InChI is InChI=1S/C17H17FN2/c1-12(15-6-8-17(18)9-7-15)20-13(2)16-5-3-4-14(10-16)11-19/h3-10,12-13,20H,1-2H3/t12-,13?/m1/s1. The highest BCUT2D eigenvalue weighted by molar-refractivity contribution is 5.34. The second-order valence-electron chi connectivity index (χ2n) is 4.90. The predicted molar refractivity (Wildman–Crippen MR) is 77.5 cm³/mol. The molecule has 0 aliphatic carbocycles. The van der Waals surface area contributed by atoms with Crippen LogP contribution in [0.2, 0.25) is 0 Å². The summed E-state index contributed by atoms with van der Waals surface area (Å²) >= 11 is 0. The number of nitrogens with zero attached hydrogens (tertiary/aromatic N) is 1. The lowest BCUT2D eigenvalue weighted by molar-refractivity contribution is 0.494. The summed E-state index contributed by atoms with van der Waals surface area (Å²) in [5, 5.41) is 12.4. The Morgan fingerprint density at radius 2 is 1.65 bits per heavy atom. The third kappa shape index (κ3) is 3.43. The average Bonchev–Trinajstić information content (AvgIpc) is 2.47. The zero-order valence-corrected chi connectivity index (χ0v) is 11.6. The van der Waals surface area contributed by atoms with E-state index in [2.05, 4.69) is 18.3 Å². The Morgan fingerprint density at radius 3 is 2.30 bits per heavy atom. The first-order chi connectivity index (χ1) is 9.60. The van der Waals surface area contributed by atoms with E-state index in [9.17, 15) is 4.39 Å². The largest absolute Gasteiger partial charge is 0.304 e. The van der Waals surface area contributed by atoms with E-state index in [1.54, 1.807) is 18.2 Å². The summed E-state index contributed by atoms with van der Waals surface area (Å²) in [4.78, 5) is 0. The minimum atomic E-state index is -0.226. The number of rotatable bonds is 4. The van der Waals surface area contributed by atoms with Gasteiger partial charge >= 0.3 is 0 Å². The molecule has 0 heterocycles. The van der Waals surface area contributed by atoms with Crippen LogP contribution in [-0.4, -0.2) is 0 Å². The Bertz CT molecular complexity index is 614. The number of hydrogen-bond acceptors (Lipinski definition) is 2. The van der Waals surface area contributed by atoms with Crippen LogP contribution in [0.15, 0.2) is 48.5 Å². The van der Waals surface area contributed by atoms with Crippen molar-refractivity contribution in [3.05, 3.63) is 71.0 Å². The van der Waals surface area contributed by atoms with Gasteiger partial charge in [0.25, 0.3) is 0 Å². The lowest BCUT2D eigenvalue weighted by atomic mass is 10.0. The molecule has 0 saturated heterocycles. The molecule has 102 valence electrons. The molecular formula is C17H17FN2. The zero-order chi connectivity index (χ0) is 14.5. The molecule has 2 rings (SSSR count). The highest BCUT2D eigenvalue weighted by atomic mass is 19.1. The molecule has 0 aliphatic rings. The van der Waals surface area contributed by atoms with Gasteiger partial charge in [-0.2, -0.15) is 5.26 Å². The minimum Gasteiger partial charge on any atom is -0.304 e. The fourth-order valence-electron chi connectivity index (χ4n) is 2.20. The molecule has 2 nitrogen and oxygen atoms in total. The Labute approximate surface area is 118 Å². The number of halogens is 1. The van der Waals surface area contributed by atoms with Crippen molar-refractivity contribution in [2.75, 3.05) is 0 Å². The summed E-state index contributed by atoms with van der Waals surface area (Å²) in [6, 6.07) is 16.4. The van der Waals surface area contributed by atoms with Crippen molar-refractivity contribution >= 4 is 0 Å². The van der Waals surface area contributed by atoms with E-state index in [1.165, 1.54) is 12.1 Å². The van der Waals surface area contributed by atoms with E-state index < -0.39 is 0 Å². The van der Waals surface area contributed by atoms with Crippen molar-refractivity contribution in [3.8, 4) is 6.07 Å². The summed E-state index contributed by atoms with van der Waals surface area (Å²) in [5.74, 6) is -0.226. The van der Waals surface area contributed by atoms with Gasteiger partial charge in [-0.25, -0.2) is 4.39 Å². The Balaban J connectivity index is 2.08. The summed E-state index contributed by atoms with van der Waals surface area (Å²) in [7, 11) is 0. The van der Waals surface area contributed by atoms with Crippen LogP contribution in [0.3, 0.4) is 0 Å². The third-order valence-corrected chi connectivity index (χ3v) is 3.39. The Morgan fingerprint density at radius 1 is 1.00 bits per heavy atom. The first-order valence-electron chi connectivity index (χ1n) is 6.61. The lowest BCUT2D eigenvalue weighted by Crippen LogP contribution is -2.22. The van der Waals surface area contributed by atoms with Gasteiger partial charge in [-0.1, -0.05) is 24.3 Å². The van der Waals surface area contributed by atoms with Gasteiger partial charge in [-0.05, 0) is 49.2 Å². The molecule has 1 unspecified atom stereocenters. The first kappa shape index (κ1) is 14.2. The molecule has 2 aromatic carbocycles. The van der Waals surface area contributed by atoms with E-state index in [-0.39, 0.29) is 17.9 Å². The highest BCUT2D eigenvalue weighted by Crippen LogP contribution is 2.20. The lowest BCUT2D eigenvalue weighted by Gasteiger charge is -2.21. The van der Waals surface area contributed by atoms with Gasteiger partial charge in [0.05, 0.1) is 11.6 Å². The van der Waals surface area contributed by atoms with E-state index in [4.69, 9.17) is 5.26 Å². The van der Waals surface area contributed by atoms with Crippen LogP contribution in [-0.2, 0) is 0 Å². The molecule has 0 bridgehead atoms. The molecule has 0 amide bonds. The Kier molecular flexibility index (Phi) is 4.49. The molecule has 0 spiro atoms. The zero-order valence-electron chi connectivity index (χ0n) is 11.6. The van der Waals surface area contributed by atoms with Gasteiger partial charge in [0.1, 0.15) is 5.82 Å². The predicted octanol–water partition coefficient (Wildman–Crippen LogP) is 4.11. The summed E-state index contributed by atoms with van der Waals surface area (Å²) < 4.78 is 12.9. The van der Waals surface area contributed by atoms with Gasteiger partial charge in [0, 0.05) is 12.1 Å². The molecule has 2 atom stereocenters. The summed E-state index contributed by atoms with van der Waals surface area (Å²) in [5.41, 5.74) is 2.76. The number of benzene rings is 2. The van der Waals surface area contributed by atoms with E-state index in [0.29, 0.717) is 5.56 Å². The van der Waals surface area contributed by atoms with Crippen LogP contribution in [0.5, 0.6) is 0 Å². The minimum absolute atomic E-state index is 0.108. The van der Waals surface area contributed by atoms with Crippen LogP contribution in [0.1, 0.15) is 42.6 Å². The van der Waals surface area contributed by atoms with E-state index >= 15 is 0 Å². The van der Waals surface area contributed by atoms with E-state index in [0.717, 1.165) is 11.1 Å². The molecular weight excluding hydrogens is 251 g/mol. The van der Waals surface area contributed by atoms with Crippen LogP contribution in [0.25, 0.3) is 0 Å². The monoisotopic (exact) mass is 268 g/mol. The average molecular weight is 268 g/mol. The van der Waals surface area contributed by atoms with E-state index in [1.807, 2.05) is 25.1 Å². The van der Waals surface area contributed by atoms with Crippen molar-refractivity contribution in [2.24, 2.45) is 0 Å². The Hall–Kier alpha value is -2.18. The van der Waals surface area contributed by atoms with Crippen molar-refractivity contribution in [1.82, 2.24) is 5.32 Å². The second-order valence-corrected chi connectivity index (χ2v) is 4.90. The highest BCUT2D eigenvalue weighted by Gasteiger charge is 2.11. The molecule has 0 aliphatic heterocycles. The maximum absolute atomic E-state index is 12.9. The van der Waals surface area contributed by atoms with Crippen LogP contribution < -0.4 is 5.32 Å². The van der Waals surface area contributed by atoms with Crippen molar-refractivity contribution in [1.29, 1.82) is 5.26 Å². The maximum atomic E-state index is 12.9. The number of nitrogens with one attached hydrogen (secondary N) is 1. The van der Waals surface area contributed by atoms with Crippen molar-refractivity contribution < 1.29 is 4.39 Å². The maximum Gasteiger partial charge on any atom is 0.123 e. The molecule has 0 radical (unpaired) electrons. The quantitative estimate of drug-likeness (QED) is 0.905. The molecule has 0 saturated carbocycles. The van der Waals surface area contributed by atoms with Gasteiger partial charge in [-0.15, -0.1) is 0 Å². The normalized spacial score (nSPS) is 13.5. The molecule has 1 N–H and O–H groups in total. The van der Waals surface area contributed by atoms with Crippen LogP contribution >= 0.6 is 0 Å². The fraction of sp³-hybridized carbons (Fsp3) is 0.235. The number of nitriles is 1. The molecule has 20 heavy (non-hydrogen) atoms. The van der Waals surface area contributed by atoms with Gasteiger partial charge in [-0.3, -0.25) is 0 Å². The van der Waals surface area contributed by atoms with Crippen molar-refractivity contribution in [2.45, 2.75) is 25.9 Å². The van der Waals surface area contributed by atoms with Gasteiger partial charge < -0.3 is 5.32 Å². The van der Waals surface area contributed by atoms with Crippen LogP contribution in [0, 0.1) is 17.1 Å². The summed E-state index contributed by atoms with van der Waals surface area (Å²) in [6.45, 7) is 4.09. The fourth-order valence-corrected chi connectivity index (χ4v) is 2.20. The first-order valence-corrected chi connectivity index (χ1v) is 6.61. The van der Waals surface area contributed by atoms with Crippen LogP contribution in [0.4, 0.5) is 4.39 Å². The third-order valence-electron chi connectivity index (χ3n) is 3.39. The van der Waals surface area contributed by atoms with Gasteiger partial charge in [0.15, 0.2) is 0 Å². The SMILES string of the molecule is CC(N[C@H](C)c1ccc(F)cc1)c1cccc(C#N)c1. The molecule has 0 aromatic heterocycles. The molecule has 2 aromatic rings. The van der Waals surface area contributed by atoms with Gasteiger partial charge in [0.2, 0.25) is 0 Å². The number of hydrogen-bond donors (Lipinski definition) is 1.